The summed E-state index contributed by atoms with van der Waals surface area (Å²) in [5, 5.41) is 0. The van der Waals surface area contributed by atoms with Crippen LogP contribution >= 0.6 is 0 Å². The minimum Gasteiger partial charge on any atom is -0.0993 e. The first-order valence-electron chi connectivity index (χ1n) is 12.6. The molecule has 0 aromatic carbocycles. The van der Waals surface area contributed by atoms with Crippen molar-refractivity contribution in [3.8, 4) is 0 Å². The van der Waals surface area contributed by atoms with E-state index >= 15 is 0 Å². The molecular weight excluding hydrogens is 324 g/mol. The maximum atomic E-state index is 4.60. The fourth-order valence-electron chi connectivity index (χ4n) is 7.11. The lowest BCUT2D eigenvalue weighted by Crippen LogP contribution is -2.42. The number of hydrogen-bond donors (Lipinski definition) is 0. The van der Waals surface area contributed by atoms with Gasteiger partial charge < -0.3 is 0 Å². The van der Waals surface area contributed by atoms with Gasteiger partial charge in [-0.2, -0.15) is 0 Å². The fourth-order valence-corrected chi connectivity index (χ4v) is 7.11. The summed E-state index contributed by atoms with van der Waals surface area (Å²) in [6, 6.07) is 0. The molecule has 0 saturated heterocycles. The van der Waals surface area contributed by atoms with E-state index < -0.39 is 0 Å². The number of allylic oxidation sites excluding steroid dienone is 1. The Morgan fingerprint density at radius 3 is 2.30 bits per heavy atom. The van der Waals surface area contributed by atoms with Crippen LogP contribution in [0.5, 0.6) is 0 Å². The van der Waals surface area contributed by atoms with Crippen molar-refractivity contribution in [1.82, 2.24) is 0 Å². The average molecular weight is 375 g/mol. The topological polar surface area (TPSA) is 0 Å². The van der Waals surface area contributed by atoms with Crippen molar-refractivity contribution in [3.63, 3.8) is 0 Å². The molecule has 2 saturated carbocycles. The van der Waals surface area contributed by atoms with E-state index in [1.165, 1.54) is 77.0 Å². The van der Waals surface area contributed by atoms with Gasteiger partial charge in [0, 0.05) is 0 Å². The molecule has 0 aliphatic heterocycles. The minimum atomic E-state index is 0.372. The van der Waals surface area contributed by atoms with E-state index in [4.69, 9.17) is 0 Å². The lowest BCUT2D eigenvalue weighted by Gasteiger charge is -2.50. The lowest BCUT2D eigenvalue weighted by molar-refractivity contribution is 0.0196. The Morgan fingerprint density at radius 2 is 1.70 bits per heavy atom. The molecule has 2 rings (SSSR count). The summed E-state index contributed by atoms with van der Waals surface area (Å²) < 4.78 is 0. The normalized spacial score (nSPS) is 33.1. The third kappa shape index (κ3) is 5.22. The Morgan fingerprint density at radius 1 is 1.00 bits per heavy atom. The molecule has 158 valence electrons. The van der Waals surface area contributed by atoms with Gasteiger partial charge in [-0.25, -0.2) is 0 Å². The predicted octanol–water partition coefficient (Wildman–Crippen LogP) is 9.05. The van der Waals surface area contributed by atoms with E-state index in [0.717, 1.165) is 35.5 Å². The second-order valence-corrected chi connectivity index (χ2v) is 10.7. The summed E-state index contributed by atoms with van der Waals surface area (Å²) >= 11 is 0. The monoisotopic (exact) mass is 374 g/mol. The summed E-state index contributed by atoms with van der Waals surface area (Å²) in [6.07, 6.45) is 17.1. The van der Waals surface area contributed by atoms with Gasteiger partial charge in [0.2, 0.25) is 0 Å². The lowest BCUT2D eigenvalue weighted by atomic mass is 9.54. The number of fused-ring (bicyclic) bond motifs is 1. The Balaban J connectivity index is 2.03. The molecule has 2 fully saturated rings. The van der Waals surface area contributed by atoms with E-state index in [1.54, 1.807) is 5.57 Å². The van der Waals surface area contributed by atoms with Crippen molar-refractivity contribution in [2.24, 2.45) is 40.9 Å². The molecule has 0 heterocycles. The van der Waals surface area contributed by atoms with Crippen molar-refractivity contribution in [3.05, 3.63) is 12.2 Å². The van der Waals surface area contributed by atoms with E-state index in [9.17, 15) is 0 Å². The maximum absolute atomic E-state index is 4.60. The predicted molar refractivity (Wildman–Crippen MR) is 122 cm³/mol. The minimum absolute atomic E-state index is 0.372. The third-order valence-electron chi connectivity index (χ3n) is 8.89. The van der Waals surface area contributed by atoms with Gasteiger partial charge in [0.1, 0.15) is 0 Å². The highest BCUT2D eigenvalue weighted by molar-refractivity contribution is 5.13. The van der Waals surface area contributed by atoms with Crippen molar-refractivity contribution in [1.29, 1.82) is 0 Å². The average Bonchev–Trinajstić information content (AvgIpc) is 3.07. The van der Waals surface area contributed by atoms with E-state index in [0.29, 0.717) is 5.41 Å². The van der Waals surface area contributed by atoms with Crippen molar-refractivity contribution in [2.75, 3.05) is 0 Å². The second-order valence-electron chi connectivity index (χ2n) is 10.7. The Labute approximate surface area is 172 Å². The summed E-state index contributed by atoms with van der Waals surface area (Å²) in [5.41, 5.74) is 1.93. The van der Waals surface area contributed by atoms with Crippen molar-refractivity contribution < 1.29 is 0 Å². The van der Waals surface area contributed by atoms with Gasteiger partial charge in [0.05, 0.1) is 0 Å². The van der Waals surface area contributed by atoms with Crippen LogP contribution in [0.2, 0.25) is 0 Å². The smallest absolute Gasteiger partial charge is 0.00907 e. The SMILES string of the molecule is C=C(CCC)C(C)(CC)C1CCC2C(CCCCC(C)C)CCC2C1CC. The number of hydrogen-bond acceptors (Lipinski definition) is 0. The van der Waals surface area contributed by atoms with Crippen LogP contribution in [0, 0.1) is 40.9 Å². The molecule has 2 aliphatic carbocycles. The highest BCUT2D eigenvalue weighted by Crippen LogP contribution is 2.58. The van der Waals surface area contributed by atoms with Crippen LogP contribution in [-0.2, 0) is 0 Å². The molecule has 0 aromatic heterocycles. The Bertz CT molecular complexity index is 447. The molecule has 2 aliphatic rings. The summed E-state index contributed by atoms with van der Waals surface area (Å²) in [7, 11) is 0. The first kappa shape index (κ1) is 23.0. The summed E-state index contributed by atoms with van der Waals surface area (Å²) in [6.45, 7) is 19.1. The first-order valence-corrected chi connectivity index (χ1v) is 12.6. The molecule has 0 nitrogen and oxygen atoms in total. The van der Waals surface area contributed by atoms with E-state index in [-0.39, 0.29) is 0 Å². The third-order valence-corrected chi connectivity index (χ3v) is 8.89. The van der Waals surface area contributed by atoms with Crippen LogP contribution in [-0.4, -0.2) is 0 Å². The zero-order valence-corrected chi connectivity index (χ0v) is 19.7. The molecule has 0 aromatic rings. The fraction of sp³-hybridized carbons (Fsp3) is 0.926. The molecule has 0 bridgehead atoms. The number of unbranched alkanes of at least 4 members (excludes halogenated alkanes) is 1. The molecule has 6 unspecified atom stereocenters. The van der Waals surface area contributed by atoms with Gasteiger partial charge >= 0.3 is 0 Å². The zero-order chi connectivity index (χ0) is 20.0. The quantitative estimate of drug-likeness (QED) is 0.250. The second kappa shape index (κ2) is 10.5. The molecule has 0 amide bonds. The molecule has 0 spiro atoms. The Hall–Kier alpha value is -0.260. The van der Waals surface area contributed by atoms with Crippen LogP contribution in [0.1, 0.15) is 119 Å². The largest absolute Gasteiger partial charge is 0.0993 e. The molecule has 0 heteroatoms. The Kier molecular flexibility index (Phi) is 8.95. The summed E-state index contributed by atoms with van der Waals surface area (Å²) in [4.78, 5) is 0. The van der Waals surface area contributed by atoms with Gasteiger partial charge in [-0.15, -0.1) is 0 Å². The van der Waals surface area contributed by atoms with Crippen molar-refractivity contribution in [2.45, 2.75) is 119 Å². The highest BCUT2D eigenvalue weighted by atomic mass is 14.5. The molecule has 0 N–H and O–H groups in total. The van der Waals surface area contributed by atoms with E-state index in [2.05, 4.69) is 48.1 Å². The van der Waals surface area contributed by atoms with Gasteiger partial charge in [-0.1, -0.05) is 92.2 Å². The molecular formula is C27H50. The van der Waals surface area contributed by atoms with Crippen LogP contribution in [0.4, 0.5) is 0 Å². The van der Waals surface area contributed by atoms with Crippen LogP contribution in [0.25, 0.3) is 0 Å². The molecule has 6 atom stereocenters. The van der Waals surface area contributed by atoms with Gasteiger partial charge in [0.15, 0.2) is 0 Å². The first-order chi connectivity index (χ1) is 12.9. The van der Waals surface area contributed by atoms with Gasteiger partial charge in [0.25, 0.3) is 0 Å². The van der Waals surface area contributed by atoms with E-state index in [1.807, 2.05) is 0 Å². The van der Waals surface area contributed by atoms with Crippen molar-refractivity contribution >= 4 is 0 Å². The maximum Gasteiger partial charge on any atom is -0.00907 e. The van der Waals surface area contributed by atoms with Crippen LogP contribution < -0.4 is 0 Å². The molecule has 27 heavy (non-hydrogen) atoms. The highest BCUT2D eigenvalue weighted by Gasteiger charge is 2.50. The number of rotatable bonds is 11. The van der Waals surface area contributed by atoms with Crippen LogP contribution in [0.15, 0.2) is 12.2 Å². The summed E-state index contributed by atoms with van der Waals surface area (Å²) in [5.74, 6) is 5.82. The molecule has 0 radical (unpaired) electrons. The standard InChI is InChI=1S/C27H50/c1-8-13-21(6)27(7,10-3)26-19-18-24-22(15-12-11-14-20(4)5)16-17-25(24)23(26)9-2/h20,22-26H,6,8-19H2,1-5,7H3. The van der Waals surface area contributed by atoms with Gasteiger partial charge in [-0.3, -0.25) is 0 Å². The zero-order valence-electron chi connectivity index (χ0n) is 19.7. The van der Waals surface area contributed by atoms with Crippen LogP contribution in [0.3, 0.4) is 0 Å². The van der Waals surface area contributed by atoms with Gasteiger partial charge in [-0.05, 0) is 79.4 Å².